The smallest absolute Gasteiger partial charge is 0.261 e. The molecule has 2 aromatic carbocycles. The standard InChI is InChI=1S/C23H27NO2Si/c1-23(2,3)27(21-10-6-4-7-11-21,22-12-8-5-9-13-22)26-18-20-15-14-19(17-25)16-24-20/h4-16,25H,17-18H2,1-3H3. The first kappa shape index (κ1) is 19.5. The molecule has 0 atom stereocenters. The highest BCUT2D eigenvalue weighted by molar-refractivity contribution is 6.99. The molecule has 4 heteroatoms. The number of hydrogen-bond donors (Lipinski definition) is 1. The fraction of sp³-hybridized carbons (Fsp3) is 0.261. The van der Waals surface area contributed by atoms with Crippen molar-refractivity contribution >= 4 is 18.7 Å². The van der Waals surface area contributed by atoms with E-state index in [4.69, 9.17) is 4.43 Å². The van der Waals surface area contributed by atoms with E-state index in [0.29, 0.717) is 6.61 Å². The lowest BCUT2D eigenvalue weighted by Crippen LogP contribution is -2.66. The van der Waals surface area contributed by atoms with E-state index >= 15 is 0 Å². The molecule has 0 aliphatic heterocycles. The van der Waals surface area contributed by atoms with Crippen molar-refractivity contribution in [3.63, 3.8) is 0 Å². The minimum atomic E-state index is -2.54. The van der Waals surface area contributed by atoms with Crippen LogP contribution in [0.5, 0.6) is 0 Å². The first-order valence-corrected chi connectivity index (χ1v) is 11.2. The van der Waals surface area contributed by atoms with Gasteiger partial charge in [-0.15, -0.1) is 0 Å². The molecule has 1 N–H and O–H groups in total. The van der Waals surface area contributed by atoms with E-state index in [1.807, 2.05) is 24.3 Å². The van der Waals surface area contributed by atoms with Gasteiger partial charge in [0.2, 0.25) is 0 Å². The summed E-state index contributed by atoms with van der Waals surface area (Å²) in [5.41, 5.74) is 1.68. The summed E-state index contributed by atoms with van der Waals surface area (Å²) in [5, 5.41) is 11.7. The topological polar surface area (TPSA) is 42.4 Å². The van der Waals surface area contributed by atoms with Crippen LogP contribution in [0.25, 0.3) is 0 Å². The molecule has 0 unspecified atom stereocenters. The molecule has 0 aliphatic carbocycles. The van der Waals surface area contributed by atoms with Gasteiger partial charge >= 0.3 is 0 Å². The lowest BCUT2D eigenvalue weighted by atomic mass is 10.2. The van der Waals surface area contributed by atoms with Crippen LogP contribution in [0.2, 0.25) is 5.04 Å². The molecule has 0 spiro atoms. The molecule has 0 aliphatic rings. The summed E-state index contributed by atoms with van der Waals surface area (Å²) in [6.07, 6.45) is 1.71. The number of aromatic nitrogens is 1. The first-order valence-electron chi connectivity index (χ1n) is 9.27. The Labute approximate surface area is 162 Å². The van der Waals surface area contributed by atoms with Gasteiger partial charge in [-0.3, -0.25) is 4.98 Å². The minimum absolute atomic E-state index is 0.00282. The van der Waals surface area contributed by atoms with Crippen LogP contribution >= 0.6 is 0 Å². The third-order valence-electron chi connectivity index (χ3n) is 4.92. The number of rotatable bonds is 6. The van der Waals surface area contributed by atoms with E-state index in [1.54, 1.807) is 6.20 Å². The van der Waals surface area contributed by atoms with Crippen LogP contribution in [0, 0.1) is 0 Å². The van der Waals surface area contributed by atoms with Gasteiger partial charge in [-0.2, -0.15) is 0 Å². The monoisotopic (exact) mass is 377 g/mol. The van der Waals surface area contributed by atoms with Crippen molar-refractivity contribution in [2.75, 3.05) is 0 Å². The van der Waals surface area contributed by atoms with Crippen LogP contribution in [0.15, 0.2) is 79.0 Å². The number of aliphatic hydroxyl groups is 1. The predicted molar refractivity (Wildman–Crippen MR) is 113 cm³/mol. The zero-order valence-electron chi connectivity index (χ0n) is 16.2. The van der Waals surface area contributed by atoms with Gasteiger partial charge < -0.3 is 9.53 Å². The highest BCUT2D eigenvalue weighted by Crippen LogP contribution is 2.37. The van der Waals surface area contributed by atoms with Crippen molar-refractivity contribution in [2.24, 2.45) is 0 Å². The fourth-order valence-electron chi connectivity index (χ4n) is 3.58. The molecular formula is C23H27NO2Si. The van der Waals surface area contributed by atoms with E-state index in [9.17, 15) is 5.11 Å². The lowest BCUT2D eigenvalue weighted by molar-refractivity contribution is 0.276. The van der Waals surface area contributed by atoms with Gasteiger partial charge in [0.05, 0.1) is 18.9 Å². The number of nitrogens with zero attached hydrogens (tertiary/aromatic N) is 1. The summed E-state index contributed by atoms with van der Waals surface area (Å²) in [6, 6.07) is 25.0. The summed E-state index contributed by atoms with van der Waals surface area (Å²) < 4.78 is 6.84. The molecule has 3 aromatic rings. The normalized spacial score (nSPS) is 12.1. The maximum Gasteiger partial charge on any atom is 0.261 e. The third-order valence-corrected chi connectivity index (χ3v) is 9.90. The summed E-state index contributed by atoms with van der Waals surface area (Å²) in [7, 11) is -2.54. The Hall–Kier alpha value is -2.27. The largest absolute Gasteiger partial charge is 0.402 e. The van der Waals surface area contributed by atoms with Gasteiger partial charge in [-0.05, 0) is 27.0 Å². The number of pyridine rings is 1. The average molecular weight is 378 g/mol. The highest BCUT2D eigenvalue weighted by Gasteiger charge is 2.50. The van der Waals surface area contributed by atoms with Gasteiger partial charge in [0.15, 0.2) is 0 Å². The van der Waals surface area contributed by atoms with E-state index < -0.39 is 8.32 Å². The molecule has 1 aromatic heterocycles. The lowest BCUT2D eigenvalue weighted by Gasteiger charge is -2.43. The predicted octanol–water partition coefficient (Wildman–Crippen LogP) is 3.65. The first-order chi connectivity index (χ1) is 13.0. The van der Waals surface area contributed by atoms with Gasteiger partial charge in [0, 0.05) is 6.20 Å². The van der Waals surface area contributed by atoms with E-state index in [2.05, 4.69) is 74.3 Å². The number of benzene rings is 2. The second-order valence-corrected chi connectivity index (χ2v) is 12.1. The summed E-state index contributed by atoms with van der Waals surface area (Å²) in [4.78, 5) is 4.46. The van der Waals surface area contributed by atoms with E-state index in [0.717, 1.165) is 11.3 Å². The zero-order valence-corrected chi connectivity index (χ0v) is 17.2. The second-order valence-electron chi connectivity index (χ2n) is 7.77. The van der Waals surface area contributed by atoms with Gasteiger partial charge in [-0.1, -0.05) is 87.5 Å². The Morgan fingerprint density at radius 2 is 1.41 bits per heavy atom. The van der Waals surface area contributed by atoms with Crippen molar-refractivity contribution in [3.8, 4) is 0 Å². The SMILES string of the molecule is CC(C)(C)[Si](OCc1ccc(CO)cn1)(c1ccccc1)c1ccccc1. The van der Waals surface area contributed by atoms with Crippen LogP contribution in [0.4, 0.5) is 0 Å². The van der Waals surface area contributed by atoms with Crippen molar-refractivity contribution in [2.45, 2.75) is 39.0 Å². The minimum Gasteiger partial charge on any atom is -0.402 e. The van der Waals surface area contributed by atoms with Crippen molar-refractivity contribution < 1.29 is 9.53 Å². The van der Waals surface area contributed by atoms with Crippen LogP contribution in [-0.4, -0.2) is 18.4 Å². The molecule has 0 fully saturated rings. The van der Waals surface area contributed by atoms with Gasteiger partial charge in [-0.25, -0.2) is 0 Å². The van der Waals surface area contributed by atoms with E-state index in [-0.39, 0.29) is 11.6 Å². The average Bonchev–Trinajstić information content (AvgIpc) is 2.69. The van der Waals surface area contributed by atoms with Crippen LogP contribution in [0.1, 0.15) is 32.0 Å². The molecule has 0 saturated heterocycles. The summed E-state index contributed by atoms with van der Waals surface area (Å²) in [6.45, 7) is 7.24. The highest BCUT2D eigenvalue weighted by atomic mass is 28.4. The quantitative estimate of drug-likeness (QED) is 0.667. The van der Waals surface area contributed by atoms with Gasteiger partial charge in [0.25, 0.3) is 8.32 Å². The Balaban J connectivity index is 2.05. The zero-order chi connectivity index (χ0) is 19.3. The molecule has 0 saturated carbocycles. The Morgan fingerprint density at radius 1 is 0.852 bits per heavy atom. The molecule has 3 rings (SSSR count). The molecule has 1 heterocycles. The second kappa shape index (κ2) is 8.17. The molecule has 140 valence electrons. The molecule has 27 heavy (non-hydrogen) atoms. The van der Waals surface area contributed by atoms with Crippen LogP contribution in [0.3, 0.4) is 0 Å². The molecule has 3 nitrogen and oxygen atoms in total. The number of aliphatic hydroxyl groups excluding tert-OH is 1. The Morgan fingerprint density at radius 3 is 1.81 bits per heavy atom. The van der Waals surface area contributed by atoms with Crippen molar-refractivity contribution in [1.82, 2.24) is 4.98 Å². The Bertz CT molecular complexity index is 804. The summed E-state index contributed by atoms with van der Waals surface area (Å²) >= 11 is 0. The summed E-state index contributed by atoms with van der Waals surface area (Å²) in [5.74, 6) is 0. The maximum absolute atomic E-state index is 9.23. The third kappa shape index (κ3) is 4.03. The van der Waals surface area contributed by atoms with Crippen molar-refractivity contribution in [3.05, 3.63) is 90.3 Å². The van der Waals surface area contributed by atoms with Crippen molar-refractivity contribution in [1.29, 1.82) is 0 Å². The van der Waals surface area contributed by atoms with Gasteiger partial charge in [0.1, 0.15) is 0 Å². The van der Waals surface area contributed by atoms with E-state index in [1.165, 1.54) is 10.4 Å². The molecule has 0 bridgehead atoms. The fourth-order valence-corrected chi connectivity index (χ4v) is 8.10. The Kier molecular flexibility index (Phi) is 5.90. The molecule has 0 amide bonds. The van der Waals surface area contributed by atoms with Crippen LogP contribution < -0.4 is 10.4 Å². The maximum atomic E-state index is 9.23. The molecule has 0 radical (unpaired) electrons. The van der Waals surface area contributed by atoms with Crippen LogP contribution in [-0.2, 0) is 17.6 Å². The molecular weight excluding hydrogens is 350 g/mol. The number of hydrogen-bond acceptors (Lipinski definition) is 3.